The molecule has 0 bridgehead atoms. The van der Waals surface area contributed by atoms with Gasteiger partial charge >= 0.3 is 23.9 Å². The summed E-state index contributed by atoms with van der Waals surface area (Å²) in [6, 6.07) is 8.40. The Hall–Kier alpha value is -3.61. The summed E-state index contributed by atoms with van der Waals surface area (Å²) in [4.78, 5) is 58.7. The van der Waals surface area contributed by atoms with Crippen LogP contribution in [0.1, 0.15) is 52.6 Å². The first-order chi connectivity index (χ1) is 11.9. The fourth-order valence-electron chi connectivity index (χ4n) is 2.81. The van der Waals surface area contributed by atoms with E-state index >= 15 is 0 Å². The average molecular weight is 336 g/mol. The van der Waals surface area contributed by atoms with Gasteiger partial charge in [0.15, 0.2) is 5.78 Å². The highest BCUT2D eigenvalue weighted by Crippen LogP contribution is 2.24. The second kappa shape index (κ2) is 5.20. The molecule has 2 aromatic carbocycles. The van der Waals surface area contributed by atoms with Crippen LogP contribution in [0.25, 0.3) is 0 Å². The van der Waals surface area contributed by atoms with Gasteiger partial charge in [-0.15, -0.1) is 0 Å². The molecule has 0 aromatic heterocycles. The summed E-state index contributed by atoms with van der Waals surface area (Å²) in [5.74, 6) is -3.44. The highest BCUT2D eigenvalue weighted by molar-refractivity contribution is 6.17. The zero-order valence-electron chi connectivity index (χ0n) is 12.5. The first-order valence-corrected chi connectivity index (χ1v) is 7.27. The SMILES string of the molecule is O=C1Cc2ccc(C(=O)c3ccc4c(c3)C(=O)OC4=O)cc2C(=O)O1. The molecule has 122 valence electrons. The number of rotatable bonds is 2. The molecule has 25 heavy (non-hydrogen) atoms. The van der Waals surface area contributed by atoms with Crippen LogP contribution in [-0.2, 0) is 20.7 Å². The minimum absolute atomic E-state index is 0.0267. The van der Waals surface area contributed by atoms with Crippen molar-refractivity contribution in [2.75, 3.05) is 0 Å². The van der Waals surface area contributed by atoms with Crippen molar-refractivity contribution in [3.8, 4) is 0 Å². The molecule has 0 radical (unpaired) electrons. The number of carbonyl (C=O) groups is 5. The summed E-state index contributed by atoms with van der Waals surface area (Å²) < 4.78 is 9.04. The fraction of sp³-hybridized carbons (Fsp3) is 0.0556. The van der Waals surface area contributed by atoms with E-state index in [1.807, 2.05) is 0 Å². The lowest BCUT2D eigenvalue weighted by atomic mass is 9.94. The Kier molecular flexibility index (Phi) is 3.11. The van der Waals surface area contributed by atoms with E-state index in [0.29, 0.717) is 5.56 Å². The van der Waals surface area contributed by atoms with Crippen LogP contribution in [0.4, 0.5) is 0 Å². The van der Waals surface area contributed by atoms with E-state index in [0.717, 1.165) is 0 Å². The molecule has 0 atom stereocenters. The van der Waals surface area contributed by atoms with E-state index in [4.69, 9.17) is 0 Å². The maximum absolute atomic E-state index is 12.6. The predicted octanol–water partition coefficient (Wildman–Crippen LogP) is 1.47. The first kappa shape index (κ1) is 14.9. The van der Waals surface area contributed by atoms with Gasteiger partial charge in [0.1, 0.15) is 0 Å². The van der Waals surface area contributed by atoms with Crippen LogP contribution in [0.3, 0.4) is 0 Å². The standard InChI is InChI=1S/C18H8O7/c19-14-7-8-1-2-9(5-12(8)17(22)24-14)15(20)10-3-4-11-13(6-10)18(23)25-16(11)21/h1-6H,7H2. The van der Waals surface area contributed by atoms with Crippen LogP contribution in [0.5, 0.6) is 0 Å². The third kappa shape index (κ3) is 2.33. The summed E-state index contributed by atoms with van der Waals surface area (Å²) >= 11 is 0. The number of benzene rings is 2. The van der Waals surface area contributed by atoms with Crippen molar-refractivity contribution in [3.05, 3.63) is 69.8 Å². The van der Waals surface area contributed by atoms with Gasteiger partial charge in [-0.1, -0.05) is 18.2 Å². The molecule has 2 aliphatic rings. The number of esters is 4. The molecule has 0 fully saturated rings. The number of carbonyl (C=O) groups excluding carboxylic acids is 5. The van der Waals surface area contributed by atoms with E-state index in [2.05, 4.69) is 9.47 Å². The van der Waals surface area contributed by atoms with Crippen LogP contribution < -0.4 is 0 Å². The van der Waals surface area contributed by atoms with Crippen LogP contribution in [-0.4, -0.2) is 29.7 Å². The molecule has 0 saturated heterocycles. The average Bonchev–Trinajstić information content (AvgIpc) is 2.88. The van der Waals surface area contributed by atoms with Crippen molar-refractivity contribution >= 4 is 29.7 Å². The van der Waals surface area contributed by atoms with Crippen LogP contribution in [0, 0.1) is 0 Å². The van der Waals surface area contributed by atoms with Crippen molar-refractivity contribution in [2.24, 2.45) is 0 Å². The highest BCUT2D eigenvalue weighted by Gasteiger charge is 2.31. The Morgan fingerprint density at radius 3 is 2.08 bits per heavy atom. The summed E-state index contributed by atoms with van der Waals surface area (Å²) in [6.07, 6.45) is -0.0393. The zero-order chi connectivity index (χ0) is 17.7. The lowest BCUT2D eigenvalue weighted by Crippen LogP contribution is -2.23. The van der Waals surface area contributed by atoms with Crippen molar-refractivity contribution in [1.29, 1.82) is 0 Å². The van der Waals surface area contributed by atoms with Crippen molar-refractivity contribution < 1.29 is 33.4 Å². The smallest absolute Gasteiger partial charge is 0.346 e. The molecule has 2 aliphatic heterocycles. The molecule has 0 N–H and O–H groups in total. The van der Waals surface area contributed by atoms with Gasteiger partial charge in [0.05, 0.1) is 23.1 Å². The Labute approximate surface area is 140 Å². The highest BCUT2D eigenvalue weighted by atomic mass is 16.6. The van der Waals surface area contributed by atoms with E-state index in [-0.39, 0.29) is 34.2 Å². The lowest BCUT2D eigenvalue weighted by molar-refractivity contribution is -0.137. The maximum Gasteiger partial charge on any atom is 0.346 e. The van der Waals surface area contributed by atoms with Gasteiger partial charge in [0.25, 0.3) is 0 Å². The van der Waals surface area contributed by atoms with Crippen molar-refractivity contribution in [2.45, 2.75) is 6.42 Å². The summed E-state index contributed by atoms with van der Waals surface area (Å²) in [5.41, 5.74) is 1.14. The monoisotopic (exact) mass is 336 g/mol. The topological polar surface area (TPSA) is 104 Å². The van der Waals surface area contributed by atoms with Gasteiger partial charge in [0, 0.05) is 11.1 Å². The predicted molar refractivity (Wildman–Crippen MR) is 80.2 cm³/mol. The van der Waals surface area contributed by atoms with Gasteiger partial charge in [0.2, 0.25) is 0 Å². The number of ether oxygens (including phenoxy) is 2. The molecule has 2 heterocycles. The minimum atomic E-state index is -0.804. The number of hydrogen-bond donors (Lipinski definition) is 0. The quantitative estimate of drug-likeness (QED) is 0.464. The molecule has 0 saturated carbocycles. The molecule has 0 unspecified atom stereocenters. The van der Waals surface area contributed by atoms with E-state index in [1.165, 1.54) is 36.4 Å². The van der Waals surface area contributed by atoms with E-state index < -0.39 is 29.7 Å². The lowest BCUT2D eigenvalue weighted by Gasteiger charge is -2.14. The minimum Gasteiger partial charge on any atom is -0.389 e. The molecular formula is C18H8O7. The normalized spacial score (nSPS) is 15.4. The second-order valence-electron chi connectivity index (χ2n) is 5.58. The van der Waals surface area contributed by atoms with Gasteiger partial charge < -0.3 is 9.47 Å². The zero-order valence-corrected chi connectivity index (χ0v) is 12.5. The van der Waals surface area contributed by atoms with E-state index in [1.54, 1.807) is 0 Å². The van der Waals surface area contributed by atoms with E-state index in [9.17, 15) is 24.0 Å². The number of hydrogen-bond acceptors (Lipinski definition) is 7. The molecule has 0 amide bonds. The van der Waals surface area contributed by atoms with Crippen LogP contribution in [0.2, 0.25) is 0 Å². The molecule has 2 aromatic rings. The maximum atomic E-state index is 12.6. The summed E-state index contributed by atoms with van der Waals surface area (Å²) in [5, 5.41) is 0. The number of fused-ring (bicyclic) bond motifs is 2. The Morgan fingerprint density at radius 2 is 1.32 bits per heavy atom. The van der Waals surface area contributed by atoms with Gasteiger partial charge in [-0.2, -0.15) is 0 Å². The first-order valence-electron chi connectivity index (χ1n) is 7.27. The molecule has 0 aliphatic carbocycles. The molecule has 7 nitrogen and oxygen atoms in total. The molecule has 4 rings (SSSR count). The van der Waals surface area contributed by atoms with Gasteiger partial charge in [-0.25, -0.2) is 14.4 Å². The Balaban J connectivity index is 1.73. The third-order valence-corrected chi connectivity index (χ3v) is 4.04. The van der Waals surface area contributed by atoms with Crippen molar-refractivity contribution in [1.82, 2.24) is 0 Å². The third-order valence-electron chi connectivity index (χ3n) is 4.04. The number of ketones is 1. The number of cyclic esters (lactones) is 4. The Bertz CT molecular complexity index is 1020. The molecule has 7 heteroatoms. The summed E-state index contributed by atoms with van der Waals surface area (Å²) in [6.45, 7) is 0. The molecular weight excluding hydrogens is 328 g/mol. The largest absolute Gasteiger partial charge is 0.389 e. The molecule has 0 spiro atoms. The van der Waals surface area contributed by atoms with Gasteiger partial charge in [-0.3, -0.25) is 9.59 Å². The van der Waals surface area contributed by atoms with Crippen LogP contribution >= 0.6 is 0 Å². The van der Waals surface area contributed by atoms with Crippen molar-refractivity contribution in [3.63, 3.8) is 0 Å². The van der Waals surface area contributed by atoms with Crippen LogP contribution in [0.15, 0.2) is 36.4 Å². The second-order valence-corrected chi connectivity index (χ2v) is 5.58. The summed E-state index contributed by atoms with van der Waals surface area (Å²) in [7, 11) is 0. The van der Waals surface area contributed by atoms with Gasteiger partial charge in [-0.05, 0) is 23.8 Å². The Morgan fingerprint density at radius 1 is 0.720 bits per heavy atom. The fourth-order valence-corrected chi connectivity index (χ4v) is 2.81.